The SMILES string of the molecule is c1cc2c(c(NCC3CCCC3)c1)CCCC2. The Balaban J connectivity index is 1.69. The fourth-order valence-corrected chi connectivity index (χ4v) is 3.42. The first-order valence-electron chi connectivity index (χ1n) is 7.28. The maximum atomic E-state index is 3.71. The molecule has 0 spiro atoms. The summed E-state index contributed by atoms with van der Waals surface area (Å²) in [6.07, 6.45) is 11.1. The van der Waals surface area contributed by atoms with E-state index in [1.165, 1.54) is 63.6 Å². The van der Waals surface area contributed by atoms with Crippen molar-refractivity contribution in [3.63, 3.8) is 0 Å². The third-order valence-electron chi connectivity index (χ3n) is 4.45. The molecule has 0 amide bonds. The van der Waals surface area contributed by atoms with Crippen molar-refractivity contribution in [2.45, 2.75) is 51.4 Å². The highest BCUT2D eigenvalue weighted by Gasteiger charge is 2.16. The van der Waals surface area contributed by atoms with Crippen molar-refractivity contribution in [1.29, 1.82) is 0 Å². The van der Waals surface area contributed by atoms with Gasteiger partial charge in [0.15, 0.2) is 0 Å². The van der Waals surface area contributed by atoms with E-state index in [1.54, 1.807) is 11.1 Å². The second-order valence-corrected chi connectivity index (χ2v) is 5.68. The van der Waals surface area contributed by atoms with Crippen LogP contribution in [0.15, 0.2) is 18.2 Å². The summed E-state index contributed by atoms with van der Waals surface area (Å²) in [6.45, 7) is 1.19. The molecule has 92 valence electrons. The predicted octanol–water partition coefficient (Wildman–Crippen LogP) is 4.17. The van der Waals surface area contributed by atoms with E-state index in [0.717, 1.165) is 5.92 Å². The van der Waals surface area contributed by atoms with Gasteiger partial charge in [0.25, 0.3) is 0 Å². The van der Waals surface area contributed by atoms with Gasteiger partial charge in [-0.05, 0) is 61.6 Å². The zero-order valence-electron chi connectivity index (χ0n) is 10.7. The van der Waals surface area contributed by atoms with Crippen LogP contribution < -0.4 is 5.32 Å². The largest absolute Gasteiger partial charge is 0.385 e. The Bertz CT molecular complexity index is 377. The number of aryl methyl sites for hydroxylation is 1. The van der Waals surface area contributed by atoms with E-state index in [4.69, 9.17) is 0 Å². The molecule has 1 N–H and O–H groups in total. The summed E-state index contributed by atoms with van der Waals surface area (Å²) in [5.74, 6) is 0.925. The molecule has 0 atom stereocenters. The molecule has 2 aliphatic rings. The molecule has 0 bridgehead atoms. The van der Waals surface area contributed by atoms with E-state index < -0.39 is 0 Å². The van der Waals surface area contributed by atoms with Gasteiger partial charge >= 0.3 is 0 Å². The fourth-order valence-electron chi connectivity index (χ4n) is 3.42. The molecule has 1 aromatic carbocycles. The predicted molar refractivity (Wildman–Crippen MR) is 73.5 cm³/mol. The van der Waals surface area contributed by atoms with Crippen LogP contribution in [0, 0.1) is 5.92 Å². The molecular formula is C16H23N. The quantitative estimate of drug-likeness (QED) is 0.820. The Morgan fingerprint density at radius 1 is 1.00 bits per heavy atom. The molecule has 0 heterocycles. The zero-order valence-corrected chi connectivity index (χ0v) is 10.7. The van der Waals surface area contributed by atoms with Crippen molar-refractivity contribution in [3.05, 3.63) is 29.3 Å². The number of fused-ring (bicyclic) bond motifs is 1. The average molecular weight is 229 g/mol. The summed E-state index contributed by atoms with van der Waals surface area (Å²) in [7, 11) is 0. The molecule has 1 nitrogen and oxygen atoms in total. The van der Waals surface area contributed by atoms with Gasteiger partial charge < -0.3 is 5.32 Å². The van der Waals surface area contributed by atoms with Gasteiger partial charge in [0.1, 0.15) is 0 Å². The topological polar surface area (TPSA) is 12.0 Å². The van der Waals surface area contributed by atoms with E-state index >= 15 is 0 Å². The van der Waals surface area contributed by atoms with E-state index in [1.807, 2.05) is 0 Å². The molecule has 0 radical (unpaired) electrons. The van der Waals surface area contributed by atoms with E-state index in [2.05, 4.69) is 23.5 Å². The lowest BCUT2D eigenvalue weighted by Gasteiger charge is -2.21. The molecule has 0 unspecified atom stereocenters. The fraction of sp³-hybridized carbons (Fsp3) is 0.625. The molecule has 0 saturated heterocycles. The zero-order chi connectivity index (χ0) is 11.5. The van der Waals surface area contributed by atoms with Gasteiger partial charge in [0, 0.05) is 12.2 Å². The maximum Gasteiger partial charge on any atom is 0.0375 e. The van der Waals surface area contributed by atoms with Gasteiger partial charge in [-0.15, -0.1) is 0 Å². The lowest BCUT2D eigenvalue weighted by atomic mass is 9.90. The number of hydrogen-bond acceptors (Lipinski definition) is 1. The normalized spacial score (nSPS) is 20.2. The van der Waals surface area contributed by atoms with Crippen LogP contribution in [0.25, 0.3) is 0 Å². The third kappa shape index (κ3) is 2.48. The number of hydrogen-bond donors (Lipinski definition) is 1. The highest BCUT2D eigenvalue weighted by molar-refractivity contribution is 5.55. The molecule has 0 aliphatic heterocycles. The Labute approximate surface area is 105 Å². The minimum Gasteiger partial charge on any atom is -0.385 e. The standard InChI is InChI=1S/C16H23N/c1-2-7-13(6-1)12-17-16-11-5-9-14-8-3-4-10-15(14)16/h5,9,11,13,17H,1-4,6-8,10,12H2. The molecule has 3 rings (SSSR count). The monoisotopic (exact) mass is 229 g/mol. The first-order chi connectivity index (χ1) is 8.43. The summed E-state index contributed by atoms with van der Waals surface area (Å²) >= 11 is 0. The van der Waals surface area contributed by atoms with Crippen LogP contribution >= 0.6 is 0 Å². The summed E-state index contributed by atoms with van der Waals surface area (Å²) < 4.78 is 0. The van der Waals surface area contributed by atoms with Crippen molar-refractivity contribution in [1.82, 2.24) is 0 Å². The van der Waals surface area contributed by atoms with Gasteiger partial charge in [-0.25, -0.2) is 0 Å². The Kier molecular flexibility index (Phi) is 3.35. The van der Waals surface area contributed by atoms with E-state index in [9.17, 15) is 0 Å². The molecule has 17 heavy (non-hydrogen) atoms. The molecule has 1 aromatic rings. The van der Waals surface area contributed by atoms with Crippen molar-refractivity contribution in [3.8, 4) is 0 Å². The Morgan fingerprint density at radius 3 is 2.71 bits per heavy atom. The van der Waals surface area contributed by atoms with Gasteiger partial charge in [-0.1, -0.05) is 25.0 Å². The lowest BCUT2D eigenvalue weighted by Crippen LogP contribution is -2.14. The molecule has 1 saturated carbocycles. The second-order valence-electron chi connectivity index (χ2n) is 5.68. The minimum absolute atomic E-state index is 0.925. The first-order valence-corrected chi connectivity index (χ1v) is 7.28. The van der Waals surface area contributed by atoms with Crippen LogP contribution in [0.4, 0.5) is 5.69 Å². The van der Waals surface area contributed by atoms with Gasteiger partial charge in [-0.2, -0.15) is 0 Å². The van der Waals surface area contributed by atoms with Crippen LogP contribution in [0.1, 0.15) is 49.7 Å². The van der Waals surface area contributed by atoms with Crippen LogP contribution in [-0.4, -0.2) is 6.54 Å². The van der Waals surface area contributed by atoms with Crippen LogP contribution in [-0.2, 0) is 12.8 Å². The van der Waals surface area contributed by atoms with Gasteiger partial charge in [0.2, 0.25) is 0 Å². The summed E-state index contributed by atoms with van der Waals surface area (Å²) in [5.41, 5.74) is 4.62. The van der Waals surface area contributed by atoms with Crippen LogP contribution in [0.5, 0.6) is 0 Å². The number of benzene rings is 1. The van der Waals surface area contributed by atoms with Crippen LogP contribution in [0.3, 0.4) is 0 Å². The number of nitrogens with one attached hydrogen (secondary N) is 1. The summed E-state index contributed by atoms with van der Waals surface area (Å²) in [6, 6.07) is 6.81. The average Bonchev–Trinajstić information content (AvgIpc) is 2.89. The summed E-state index contributed by atoms with van der Waals surface area (Å²) in [5, 5.41) is 3.71. The first kappa shape index (κ1) is 11.1. The number of anilines is 1. The molecule has 1 heteroatoms. The minimum atomic E-state index is 0.925. The molecular weight excluding hydrogens is 206 g/mol. The van der Waals surface area contributed by atoms with E-state index in [-0.39, 0.29) is 0 Å². The molecule has 1 fully saturated rings. The Hall–Kier alpha value is -0.980. The second kappa shape index (κ2) is 5.12. The molecule has 0 aromatic heterocycles. The van der Waals surface area contributed by atoms with Crippen molar-refractivity contribution < 1.29 is 0 Å². The third-order valence-corrected chi connectivity index (χ3v) is 4.45. The lowest BCUT2D eigenvalue weighted by molar-refractivity contribution is 0.579. The van der Waals surface area contributed by atoms with Crippen molar-refractivity contribution >= 4 is 5.69 Å². The highest BCUT2D eigenvalue weighted by atomic mass is 14.9. The van der Waals surface area contributed by atoms with Crippen LogP contribution in [0.2, 0.25) is 0 Å². The maximum absolute atomic E-state index is 3.71. The highest BCUT2D eigenvalue weighted by Crippen LogP contribution is 2.29. The Morgan fingerprint density at radius 2 is 1.82 bits per heavy atom. The molecule has 2 aliphatic carbocycles. The van der Waals surface area contributed by atoms with E-state index in [0.29, 0.717) is 0 Å². The number of rotatable bonds is 3. The van der Waals surface area contributed by atoms with Gasteiger partial charge in [-0.3, -0.25) is 0 Å². The van der Waals surface area contributed by atoms with Crippen molar-refractivity contribution in [2.24, 2.45) is 5.92 Å². The summed E-state index contributed by atoms with van der Waals surface area (Å²) in [4.78, 5) is 0. The van der Waals surface area contributed by atoms with Crippen molar-refractivity contribution in [2.75, 3.05) is 11.9 Å². The van der Waals surface area contributed by atoms with Gasteiger partial charge in [0.05, 0.1) is 0 Å². The smallest absolute Gasteiger partial charge is 0.0375 e.